The molecule has 6 heteroatoms. The van der Waals surface area contributed by atoms with E-state index in [9.17, 15) is 18.9 Å². The van der Waals surface area contributed by atoms with Crippen LogP contribution in [0, 0.1) is 27.2 Å². The van der Waals surface area contributed by atoms with E-state index in [1.807, 2.05) is 0 Å². The first-order chi connectivity index (χ1) is 8.41. The summed E-state index contributed by atoms with van der Waals surface area (Å²) in [5.74, 6) is -1.90. The molecule has 0 atom stereocenters. The maximum atomic E-state index is 13.4. The van der Waals surface area contributed by atoms with Gasteiger partial charge in [0.15, 0.2) is 0 Å². The number of rotatable bonds is 5. The number of hydrogen-bond acceptors (Lipinski definition) is 3. The van der Waals surface area contributed by atoms with Gasteiger partial charge in [0, 0.05) is 30.8 Å². The molecular weight excluding hydrogens is 242 g/mol. The minimum absolute atomic E-state index is 0.118. The molecule has 1 aromatic rings. The molecule has 1 fully saturated rings. The SMILES string of the molecule is CC1(CNCc2cc([N+](=O)[O-])c(F)cc2F)CC1. The van der Waals surface area contributed by atoms with Crippen LogP contribution in [0.1, 0.15) is 25.3 Å². The highest BCUT2D eigenvalue weighted by Crippen LogP contribution is 2.44. The number of benzene rings is 1. The molecule has 1 saturated carbocycles. The number of halogens is 2. The lowest BCUT2D eigenvalue weighted by molar-refractivity contribution is -0.387. The van der Waals surface area contributed by atoms with Crippen molar-refractivity contribution in [1.82, 2.24) is 5.32 Å². The zero-order valence-electron chi connectivity index (χ0n) is 10.0. The molecule has 0 amide bonds. The van der Waals surface area contributed by atoms with Crippen molar-refractivity contribution >= 4 is 5.69 Å². The van der Waals surface area contributed by atoms with Crippen LogP contribution in [-0.2, 0) is 6.54 Å². The van der Waals surface area contributed by atoms with Crippen LogP contribution in [-0.4, -0.2) is 11.5 Å². The Morgan fingerprint density at radius 3 is 2.61 bits per heavy atom. The number of nitro benzene ring substituents is 1. The second-order valence-corrected chi connectivity index (χ2v) is 5.07. The molecule has 1 aromatic carbocycles. The van der Waals surface area contributed by atoms with E-state index in [0.29, 0.717) is 6.07 Å². The first-order valence-electron chi connectivity index (χ1n) is 5.74. The highest BCUT2D eigenvalue weighted by Gasteiger charge is 2.36. The van der Waals surface area contributed by atoms with Gasteiger partial charge in [-0.25, -0.2) is 4.39 Å². The monoisotopic (exact) mass is 256 g/mol. The van der Waals surface area contributed by atoms with E-state index in [-0.39, 0.29) is 17.5 Å². The summed E-state index contributed by atoms with van der Waals surface area (Å²) in [6.45, 7) is 3.02. The van der Waals surface area contributed by atoms with Gasteiger partial charge in [-0.15, -0.1) is 0 Å². The zero-order valence-corrected chi connectivity index (χ0v) is 10.0. The van der Waals surface area contributed by atoms with Gasteiger partial charge < -0.3 is 5.32 Å². The number of nitrogens with zero attached hydrogens (tertiary/aromatic N) is 1. The average Bonchev–Trinajstić information content (AvgIpc) is 2.99. The van der Waals surface area contributed by atoms with Crippen LogP contribution in [0.4, 0.5) is 14.5 Å². The van der Waals surface area contributed by atoms with Gasteiger partial charge >= 0.3 is 5.69 Å². The van der Waals surface area contributed by atoms with Crippen LogP contribution in [0.15, 0.2) is 12.1 Å². The summed E-state index contributed by atoms with van der Waals surface area (Å²) in [5.41, 5.74) is -0.305. The van der Waals surface area contributed by atoms with E-state index in [1.54, 1.807) is 0 Å². The van der Waals surface area contributed by atoms with Crippen molar-refractivity contribution < 1.29 is 13.7 Å². The minimum Gasteiger partial charge on any atom is -0.312 e. The standard InChI is InChI=1S/C12H14F2N2O2/c1-12(2-3-12)7-15-6-8-4-11(16(17)18)10(14)5-9(8)13/h4-5,15H,2-3,6-7H2,1H3. The fourth-order valence-electron chi connectivity index (χ4n) is 1.75. The lowest BCUT2D eigenvalue weighted by Crippen LogP contribution is -2.22. The van der Waals surface area contributed by atoms with Crippen LogP contribution >= 0.6 is 0 Å². The van der Waals surface area contributed by atoms with Crippen LogP contribution in [0.5, 0.6) is 0 Å². The van der Waals surface area contributed by atoms with E-state index in [2.05, 4.69) is 12.2 Å². The molecule has 0 spiro atoms. The third-order valence-electron chi connectivity index (χ3n) is 3.28. The van der Waals surface area contributed by atoms with Gasteiger partial charge in [-0.2, -0.15) is 4.39 Å². The molecule has 0 aromatic heterocycles. The van der Waals surface area contributed by atoms with Crippen LogP contribution in [0.25, 0.3) is 0 Å². The van der Waals surface area contributed by atoms with Crippen molar-refractivity contribution in [3.8, 4) is 0 Å². The Bertz CT molecular complexity index is 487. The van der Waals surface area contributed by atoms with Gasteiger partial charge in [-0.1, -0.05) is 6.92 Å². The average molecular weight is 256 g/mol. The maximum absolute atomic E-state index is 13.4. The smallest absolute Gasteiger partial charge is 0.305 e. The van der Waals surface area contributed by atoms with Gasteiger partial charge in [0.1, 0.15) is 5.82 Å². The third-order valence-corrected chi connectivity index (χ3v) is 3.28. The lowest BCUT2D eigenvalue weighted by atomic mass is 10.1. The van der Waals surface area contributed by atoms with E-state index in [0.717, 1.165) is 25.5 Å². The number of hydrogen-bond donors (Lipinski definition) is 1. The molecule has 0 heterocycles. The summed E-state index contributed by atoms with van der Waals surface area (Å²) in [6, 6.07) is 1.51. The summed E-state index contributed by atoms with van der Waals surface area (Å²) >= 11 is 0. The van der Waals surface area contributed by atoms with Crippen LogP contribution in [0.2, 0.25) is 0 Å². The van der Waals surface area contributed by atoms with Gasteiger partial charge in [0.05, 0.1) is 4.92 Å². The Labute approximate surface area is 103 Å². The Hall–Kier alpha value is -1.56. The fraction of sp³-hybridized carbons (Fsp3) is 0.500. The first-order valence-corrected chi connectivity index (χ1v) is 5.74. The summed E-state index contributed by atoms with van der Waals surface area (Å²) in [4.78, 5) is 9.70. The lowest BCUT2D eigenvalue weighted by Gasteiger charge is -2.10. The summed E-state index contributed by atoms with van der Waals surface area (Å²) in [5, 5.41) is 13.6. The van der Waals surface area contributed by atoms with Gasteiger partial charge in [0.2, 0.25) is 5.82 Å². The summed E-state index contributed by atoms with van der Waals surface area (Å²) in [7, 11) is 0. The number of nitrogens with one attached hydrogen (secondary N) is 1. The van der Waals surface area contributed by atoms with Crippen molar-refractivity contribution in [3.63, 3.8) is 0 Å². The number of nitro groups is 1. The molecule has 2 rings (SSSR count). The van der Waals surface area contributed by atoms with Gasteiger partial charge in [0.25, 0.3) is 0 Å². The largest absolute Gasteiger partial charge is 0.312 e. The fourth-order valence-corrected chi connectivity index (χ4v) is 1.75. The van der Waals surface area contributed by atoms with Gasteiger partial charge in [-0.3, -0.25) is 10.1 Å². The van der Waals surface area contributed by atoms with Crippen molar-refractivity contribution in [2.45, 2.75) is 26.3 Å². The summed E-state index contributed by atoms with van der Waals surface area (Å²) < 4.78 is 26.5. The second kappa shape index (κ2) is 4.61. The van der Waals surface area contributed by atoms with Crippen molar-refractivity contribution in [2.75, 3.05) is 6.54 Å². The molecule has 4 nitrogen and oxygen atoms in total. The molecule has 0 bridgehead atoms. The molecule has 1 aliphatic carbocycles. The van der Waals surface area contributed by atoms with E-state index >= 15 is 0 Å². The van der Waals surface area contributed by atoms with Crippen molar-refractivity contribution in [2.24, 2.45) is 5.41 Å². The first kappa shape index (κ1) is 12.9. The molecule has 0 saturated heterocycles. The highest BCUT2D eigenvalue weighted by molar-refractivity contribution is 5.37. The Kier molecular flexibility index (Phi) is 3.30. The van der Waals surface area contributed by atoms with E-state index in [4.69, 9.17) is 0 Å². The summed E-state index contributed by atoms with van der Waals surface area (Å²) in [6.07, 6.45) is 2.26. The van der Waals surface area contributed by atoms with Crippen molar-refractivity contribution in [1.29, 1.82) is 0 Å². The topological polar surface area (TPSA) is 55.2 Å². The Balaban J connectivity index is 2.06. The predicted octanol–water partition coefficient (Wildman–Crippen LogP) is 2.76. The third kappa shape index (κ3) is 2.81. The molecule has 0 radical (unpaired) electrons. The predicted molar refractivity (Wildman–Crippen MR) is 62.1 cm³/mol. The Morgan fingerprint density at radius 2 is 2.06 bits per heavy atom. The highest BCUT2D eigenvalue weighted by atomic mass is 19.1. The molecule has 1 aliphatic rings. The minimum atomic E-state index is -1.14. The molecule has 98 valence electrons. The maximum Gasteiger partial charge on any atom is 0.305 e. The van der Waals surface area contributed by atoms with Crippen molar-refractivity contribution in [3.05, 3.63) is 39.4 Å². The molecule has 1 N–H and O–H groups in total. The molecule has 0 unspecified atom stereocenters. The second-order valence-electron chi connectivity index (χ2n) is 5.07. The van der Waals surface area contributed by atoms with Crippen LogP contribution < -0.4 is 5.32 Å². The normalized spacial score (nSPS) is 16.6. The quantitative estimate of drug-likeness (QED) is 0.651. The molecular formula is C12H14F2N2O2. The van der Waals surface area contributed by atoms with Gasteiger partial charge in [-0.05, 0) is 18.3 Å². The van der Waals surface area contributed by atoms with Crippen LogP contribution in [0.3, 0.4) is 0 Å². The Morgan fingerprint density at radius 1 is 1.39 bits per heavy atom. The zero-order chi connectivity index (χ0) is 13.3. The molecule has 18 heavy (non-hydrogen) atoms. The molecule has 0 aliphatic heterocycles. The van der Waals surface area contributed by atoms with E-state index < -0.39 is 22.2 Å². The van der Waals surface area contributed by atoms with E-state index in [1.165, 1.54) is 0 Å².